The van der Waals surface area contributed by atoms with Crippen molar-refractivity contribution in [2.24, 2.45) is 5.73 Å². The average molecular weight is 322 g/mol. The van der Waals surface area contributed by atoms with Gasteiger partial charge in [-0.2, -0.15) is 0 Å². The van der Waals surface area contributed by atoms with E-state index in [0.717, 1.165) is 12.1 Å². The van der Waals surface area contributed by atoms with Gasteiger partial charge in [-0.25, -0.2) is 13.2 Å². The molecule has 2 rings (SSSR count). The van der Waals surface area contributed by atoms with Gasteiger partial charge in [-0.15, -0.1) is 0 Å². The molecule has 7 heteroatoms. The minimum atomic E-state index is -1.14. The minimum Gasteiger partial charge on any atom is -0.368 e. The van der Waals surface area contributed by atoms with Crippen LogP contribution in [0.15, 0.2) is 42.5 Å². The van der Waals surface area contributed by atoms with Crippen LogP contribution in [0.4, 0.5) is 13.2 Å². The smallest absolute Gasteiger partial charge is 0.252 e. The van der Waals surface area contributed by atoms with E-state index in [2.05, 4.69) is 5.32 Å². The number of carbonyl (C=O) groups is 2. The van der Waals surface area contributed by atoms with Gasteiger partial charge in [0.15, 0.2) is 0 Å². The molecule has 0 saturated heterocycles. The number of hydrogen-bond donors (Lipinski definition) is 2. The molecular formula is C16H13F3N2O2. The minimum absolute atomic E-state index is 0.0450. The molecule has 3 N–H and O–H groups in total. The Balaban J connectivity index is 2.15. The maximum atomic E-state index is 13.1. The van der Waals surface area contributed by atoms with Crippen molar-refractivity contribution in [3.8, 4) is 0 Å². The second-order valence-electron chi connectivity index (χ2n) is 4.92. The number of rotatable bonds is 5. The van der Waals surface area contributed by atoms with Crippen LogP contribution in [0.3, 0.4) is 0 Å². The Bertz CT molecular complexity index is 730. The average Bonchev–Trinajstić information content (AvgIpc) is 2.45. The van der Waals surface area contributed by atoms with Crippen molar-refractivity contribution in [1.82, 2.24) is 5.32 Å². The molecule has 2 amide bonds. The molecule has 2 aromatic rings. The van der Waals surface area contributed by atoms with Crippen LogP contribution in [-0.4, -0.2) is 17.9 Å². The van der Waals surface area contributed by atoms with E-state index in [1.807, 2.05) is 0 Å². The summed E-state index contributed by atoms with van der Waals surface area (Å²) in [6.07, 6.45) is -0.0450. The van der Waals surface area contributed by atoms with Gasteiger partial charge in [0.25, 0.3) is 5.91 Å². The van der Waals surface area contributed by atoms with Gasteiger partial charge in [0.1, 0.15) is 23.5 Å². The molecule has 0 unspecified atom stereocenters. The number of primary amides is 1. The van der Waals surface area contributed by atoms with Crippen molar-refractivity contribution in [2.75, 3.05) is 0 Å². The zero-order valence-electron chi connectivity index (χ0n) is 11.9. The van der Waals surface area contributed by atoms with Gasteiger partial charge in [-0.1, -0.05) is 12.1 Å². The third-order valence-corrected chi connectivity index (χ3v) is 3.10. The Labute approximate surface area is 130 Å². The van der Waals surface area contributed by atoms with Crippen LogP contribution < -0.4 is 11.1 Å². The van der Waals surface area contributed by atoms with Crippen molar-refractivity contribution in [3.05, 3.63) is 71.0 Å². The molecule has 0 aromatic heterocycles. The Morgan fingerprint density at radius 1 is 1.00 bits per heavy atom. The van der Waals surface area contributed by atoms with Crippen molar-refractivity contribution in [3.63, 3.8) is 0 Å². The first-order chi connectivity index (χ1) is 10.8. The van der Waals surface area contributed by atoms with E-state index in [0.29, 0.717) is 11.6 Å². The van der Waals surface area contributed by atoms with Gasteiger partial charge < -0.3 is 11.1 Å². The molecule has 120 valence electrons. The van der Waals surface area contributed by atoms with Crippen LogP contribution in [-0.2, 0) is 11.2 Å². The third-order valence-electron chi connectivity index (χ3n) is 3.10. The van der Waals surface area contributed by atoms with Crippen molar-refractivity contribution in [1.29, 1.82) is 0 Å². The summed E-state index contributed by atoms with van der Waals surface area (Å²) in [5.41, 5.74) is 5.37. The van der Waals surface area contributed by atoms with Gasteiger partial charge in [0.05, 0.1) is 0 Å². The molecule has 0 aliphatic heterocycles. The maximum Gasteiger partial charge on any atom is 0.252 e. The molecule has 2 aromatic carbocycles. The number of carbonyl (C=O) groups excluding carboxylic acids is 2. The van der Waals surface area contributed by atoms with Crippen LogP contribution >= 0.6 is 0 Å². The summed E-state index contributed by atoms with van der Waals surface area (Å²) >= 11 is 0. The summed E-state index contributed by atoms with van der Waals surface area (Å²) in [6, 6.07) is 6.59. The zero-order chi connectivity index (χ0) is 17.0. The predicted molar refractivity (Wildman–Crippen MR) is 76.9 cm³/mol. The van der Waals surface area contributed by atoms with E-state index in [9.17, 15) is 22.8 Å². The largest absolute Gasteiger partial charge is 0.368 e. The van der Waals surface area contributed by atoms with Crippen molar-refractivity contribution in [2.45, 2.75) is 12.5 Å². The Hall–Kier alpha value is -2.83. The lowest BCUT2D eigenvalue weighted by Crippen LogP contribution is -2.45. The van der Waals surface area contributed by atoms with E-state index in [4.69, 9.17) is 5.73 Å². The molecule has 0 aliphatic carbocycles. The summed E-state index contributed by atoms with van der Waals surface area (Å²) < 4.78 is 39.4. The number of nitrogens with one attached hydrogen (secondary N) is 1. The van der Waals surface area contributed by atoms with Crippen LogP contribution in [0.25, 0.3) is 0 Å². The molecule has 0 spiro atoms. The number of nitrogens with two attached hydrogens (primary N) is 1. The van der Waals surface area contributed by atoms with E-state index >= 15 is 0 Å². The molecule has 4 nitrogen and oxygen atoms in total. The lowest BCUT2D eigenvalue weighted by molar-refractivity contribution is -0.119. The summed E-state index contributed by atoms with van der Waals surface area (Å²) in [5.74, 6) is -4.04. The molecule has 0 radical (unpaired) electrons. The molecule has 23 heavy (non-hydrogen) atoms. The van der Waals surface area contributed by atoms with E-state index in [-0.39, 0.29) is 12.0 Å². The third kappa shape index (κ3) is 4.57. The standard InChI is InChI=1S/C16H13F3N2O2/c17-11-3-1-2-9(4-11)5-14(15(20)22)21-16(23)10-6-12(18)8-13(19)7-10/h1-4,6-8,14H,5H2,(H2,20,22)(H,21,23)/t14-/m0/s1. The van der Waals surface area contributed by atoms with Gasteiger partial charge in [-0.3, -0.25) is 9.59 Å². The second kappa shape index (κ2) is 6.95. The predicted octanol–water partition coefficient (Wildman–Crippen LogP) is 1.93. The summed E-state index contributed by atoms with van der Waals surface area (Å²) in [5, 5.41) is 2.29. The number of halogens is 3. The van der Waals surface area contributed by atoms with Crippen LogP contribution in [0.2, 0.25) is 0 Å². The SMILES string of the molecule is NC(=O)[C@H](Cc1cccc(F)c1)NC(=O)c1cc(F)cc(F)c1. The molecule has 0 bridgehead atoms. The molecular weight excluding hydrogens is 309 g/mol. The highest BCUT2D eigenvalue weighted by atomic mass is 19.1. The Morgan fingerprint density at radius 2 is 1.65 bits per heavy atom. The summed E-state index contributed by atoms with van der Waals surface area (Å²) in [6.45, 7) is 0. The molecule has 0 fully saturated rings. The highest BCUT2D eigenvalue weighted by Crippen LogP contribution is 2.10. The fourth-order valence-corrected chi connectivity index (χ4v) is 2.05. The quantitative estimate of drug-likeness (QED) is 0.883. The summed E-state index contributed by atoms with van der Waals surface area (Å²) in [4.78, 5) is 23.4. The highest BCUT2D eigenvalue weighted by molar-refractivity contribution is 5.97. The lowest BCUT2D eigenvalue weighted by atomic mass is 10.0. The molecule has 0 saturated carbocycles. The lowest BCUT2D eigenvalue weighted by Gasteiger charge is -2.16. The van der Waals surface area contributed by atoms with Gasteiger partial charge in [-0.05, 0) is 29.8 Å². The number of benzene rings is 2. The first-order valence-corrected chi connectivity index (χ1v) is 6.66. The normalized spacial score (nSPS) is 11.8. The fourth-order valence-electron chi connectivity index (χ4n) is 2.05. The Kier molecular flexibility index (Phi) is 5.00. The second-order valence-corrected chi connectivity index (χ2v) is 4.92. The van der Waals surface area contributed by atoms with Crippen molar-refractivity contribution < 1.29 is 22.8 Å². The van der Waals surface area contributed by atoms with E-state index < -0.39 is 35.3 Å². The molecule has 0 heterocycles. The van der Waals surface area contributed by atoms with Crippen molar-refractivity contribution >= 4 is 11.8 Å². The molecule has 1 atom stereocenters. The van der Waals surface area contributed by atoms with Crippen LogP contribution in [0.5, 0.6) is 0 Å². The first-order valence-electron chi connectivity index (χ1n) is 6.66. The van der Waals surface area contributed by atoms with Gasteiger partial charge in [0, 0.05) is 18.1 Å². The number of hydrogen-bond acceptors (Lipinski definition) is 2. The topological polar surface area (TPSA) is 72.2 Å². The van der Waals surface area contributed by atoms with E-state index in [1.165, 1.54) is 18.2 Å². The Morgan fingerprint density at radius 3 is 2.22 bits per heavy atom. The van der Waals surface area contributed by atoms with Crippen LogP contribution in [0, 0.1) is 17.5 Å². The fraction of sp³-hybridized carbons (Fsp3) is 0.125. The van der Waals surface area contributed by atoms with Crippen LogP contribution in [0.1, 0.15) is 15.9 Å². The zero-order valence-corrected chi connectivity index (χ0v) is 11.9. The molecule has 0 aliphatic rings. The number of amides is 2. The van der Waals surface area contributed by atoms with Gasteiger partial charge in [0.2, 0.25) is 5.91 Å². The monoisotopic (exact) mass is 322 g/mol. The highest BCUT2D eigenvalue weighted by Gasteiger charge is 2.20. The maximum absolute atomic E-state index is 13.1. The van der Waals surface area contributed by atoms with Gasteiger partial charge >= 0.3 is 0 Å². The van der Waals surface area contributed by atoms with E-state index in [1.54, 1.807) is 6.07 Å². The summed E-state index contributed by atoms with van der Waals surface area (Å²) in [7, 11) is 0. The first kappa shape index (κ1) is 16.5.